The summed E-state index contributed by atoms with van der Waals surface area (Å²) >= 11 is 0. The Morgan fingerprint density at radius 2 is 2.00 bits per heavy atom. The maximum Gasteiger partial charge on any atom is 0.417 e. The predicted molar refractivity (Wildman–Crippen MR) is 63.9 cm³/mol. The molecule has 0 spiro atoms. The Balaban J connectivity index is 2.32. The summed E-state index contributed by atoms with van der Waals surface area (Å²) in [5.41, 5.74) is -1.18. The summed E-state index contributed by atoms with van der Waals surface area (Å²) in [5, 5.41) is 0. The number of ketones is 1. The van der Waals surface area contributed by atoms with Gasteiger partial charge in [0.1, 0.15) is 6.10 Å². The van der Waals surface area contributed by atoms with E-state index in [9.17, 15) is 18.0 Å². The Morgan fingerprint density at radius 1 is 1.37 bits per heavy atom. The molecule has 1 aromatic carbocycles. The first-order valence-electron chi connectivity index (χ1n) is 6.27. The van der Waals surface area contributed by atoms with Gasteiger partial charge in [0, 0.05) is 12.2 Å². The van der Waals surface area contributed by atoms with E-state index in [0.717, 1.165) is 18.9 Å². The van der Waals surface area contributed by atoms with E-state index < -0.39 is 23.6 Å². The van der Waals surface area contributed by atoms with Crippen LogP contribution in [0.5, 0.6) is 0 Å². The molecule has 1 aliphatic rings. The lowest BCUT2D eigenvalue weighted by molar-refractivity contribution is -0.138. The van der Waals surface area contributed by atoms with Gasteiger partial charge in [0.05, 0.1) is 5.56 Å². The van der Waals surface area contributed by atoms with Gasteiger partial charge in [-0.05, 0) is 31.7 Å². The van der Waals surface area contributed by atoms with Crippen LogP contribution in [0.3, 0.4) is 0 Å². The third-order valence-corrected chi connectivity index (χ3v) is 3.15. The second kappa shape index (κ2) is 5.33. The van der Waals surface area contributed by atoms with Crippen LogP contribution >= 0.6 is 0 Å². The van der Waals surface area contributed by atoms with Crippen LogP contribution in [-0.4, -0.2) is 18.5 Å². The normalized spacial score (nSPS) is 17.3. The molecule has 0 N–H and O–H groups in total. The molecule has 0 aromatic heterocycles. The molecular weight excluding hydrogens is 257 g/mol. The van der Waals surface area contributed by atoms with Gasteiger partial charge in [-0.1, -0.05) is 18.2 Å². The van der Waals surface area contributed by atoms with Crippen LogP contribution in [0.1, 0.15) is 35.7 Å². The van der Waals surface area contributed by atoms with Crippen LogP contribution in [-0.2, 0) is 10.9 Å². The minimum atomic E-state index is -4.52. The number of hydrogen-bond donors (Lipinski definition) is 0. The van der Waals surface area contributed by atoms with Crippen molar-refractivity contribution in [2.45, 2.75) is 32.0 Å². The molecule has 0 aliphatic heterocycles. The van der Waals surface area contributed by atoms with E-state index in [1.54, 1.807) is 6.92 Å². The van der Waals surface area contributed by atoms with Crippen molar-refractivity contribution in [2.24, 2.45) is 5.92 Å². The van der Waals surface area contributed by atoms with E-state index >= 15 is 0 Å². The Kier molecular flexibility index (Phi) is 3.94. The van der Waals surface area contributed by atoms with Crippen molar-refractivity contribution >= 4 is 5.78 Å². The molecule has 1 atom stereocenters. The summed E-state index contributed by atoms with van der Waals surface area (Å²) in [6.45, 7) is 2.05. The van der Waals surface area contributed by atoms with Crippen LogP contribution < -0.4 is 0 Å². The van der Waals surface area contributed by atoms with Crippen LogP contribution in [0.15, 0.2) is 24.3 Å². The molecule has 0 saturated heterocycles. The summed E-state index contributed by atoms with van der Waals surface area (Å²) in [6.07, 6.45) is -3.59. The lowest BCUT2D eigenvalue weighted by Gasteiger charge is -2.18. The zero-order valence-corrected chi connectivity index (χ0v) is 10.5. The maximum atomic E-state index is 12.9. The lowest BCUT2D eigenvalue weighted by Crippen LogP contribution is -2.28. The molecule has 1 saturated carbocycles. The fourth-order valence-corrected chi connectivity index (χ4v) is 2.10. The minimum absolute atomic E-state index is 0.0636. The molecule has 19 heavy (non-hydrogen) atoms. The maximum absolute atomic E-state index is 12.9. The van der Waals surface area contributed by atoms with Gasteiger partial charge in [-0.25, -0.2) is 0 Å². The van der Waals surface area contributed by atoms with Crippen molar-refractivity contribution < 1.29 is 22.7 Å². The highest BCUT2D eigenvalue weighted by Crippen LogP contribution is 2.38. The molecule has 0 heterocycles. The molecule has 1 fully saturated rings. The first-order chi connectivity index (χ1) is 8.95. The third-order valence-electron chi connectivity index (χ3n) is 3.15. The Morgan fingerprint density at radius 3 is 2.53 bits per heavy atom. The standard InChI is InChI=1S/C14H15F3O2/c1-2-19-13(9-7-8-9)12(18)10-5-3-4-6-11(10)14(15,16)17/h3-6,9,13H,2,7-8H2,1H3. The molecule has 2 nitrogen and oxygen atoms in total. The number of carbonyl (C=O) groups excluding carboxylic acids is 1. The zero-order valence-electron chi connectivity index (χ0n) is 10.5. The van der Waals surface area contributed by atoms with Crippen LogP contribution in [0.2, 0.25) is 0 Å². The predicted octanol–water partition coefficient (Wildman–Crippen LogP) is 3.70. The summed E-state index contributed by atoms with van der Waals surface area (Å²) in [7, 11) is 0. The van der Waals surface area contributed by atoms with Gasteiger partial charge in [-0.3, -0.25) is 4.79 Å². The highest BCUT2D eigenvalue weighted by Gasteiger charge is 2.41. The number of halogens is 3. The number of alkyl halides is 3. The summed E-state index contributed by atoms with van der Waals surface area (Å²) < 4.78 is 44.0. The molecule has 5 heteroatoms. The van der Waals surface area contributed by atoms with Gasteiger partial charge in [0.15, 0.2) is 5.78 Å². The van der Waals surface area contributed by atoms with E-state index in [2.05, 4.69) is 0 Å². The van der Waals surface area contributed by atoms with E-state index in [1.807, 2.05) is 0 Å². The fraction of sp³-hybridized carbons (Fsp3) is 0.500. The number of hydrogen-bond acceptors (Lipinski definition) is 2. The van der Waals surface area contributed by atoms with Crippen molar-refractivity contribution in [3.05, 3.63) is 35.4 Å². The average Bonchev–Trinajstić information content (AvgIpc) is 3.18. The largest absolute Gasteiger partial charge is 0.417 e. The summed E-state index contributed by atoms with van der Waals surface area (Å²) in [6, 6.07) is 4.88. The Labute approximate surface area is 109 Å². The first-order valence-corrected chi connectivity index (χ1v) is 6.27. The Bertz CT molecular complexity index is 464. The molecule has 1 aliphatic carbocycles. The second-order valence-electron chi connectivity index (χ2n) is 4.62. The zero-order chi connectivity index (χ0) is 14.0. The highest BCUT2D eigenvalue weighted by atomic mass is 19.4. The summed E-state index contributed by atoms with van der Waals surface area (Å²) in [4.78, 5) is 12.3. The lowest BCUT2D eigenvalue weighted by atomic mass is 9.97. The quantitative estimate of drug-likeness (QED) is 0.764. The Hall–Kier alpha value is -1.36. The van der Waals surface area contributed by atoms with Crippen molar-refractivity contribution in [1.82, 2.24) is 0 Å². The molecule has 0 bridgehead atoms. The van der Waals surface area contributed by atoms with E-state index in [1.165, 1.54) is 18.2 Å². The molecule has 1 unspecified atom stereocenters. The topological polar surface area (TPSA) is 26.3 Å². The van der Waals surface area contributed by atoms with Gasteiger partial charge >= 0.3 is 6.18 Å². The summed E-state index contributed by atoms with van der Waals surface area (Å²) in [5.74, 6) is -0.494. The van der Waals surface area contributed by atoms with Gasteiger partial charge < -0.3 is 4.74 Å². The van der Waals surface area contributed by atoms with Gasteiger partial charge in [-0.2, -0.15) is 13.2 Å². The van der Waals surface area contributed by atoms with Crippen LogP contribution in [0.4, 0.5) is 13.2 Å². The molecular formula is C14H15F3O2. The number of ether oxygens (including phenoxy) is 1. The molecule has 1 aromatic rings. The van der Waals surface area contributed by atoms with Crippen molar-refractivity contribution in [1.29, 1.82) is 0 Å². The van der Waals surface area contributed by atoms with Crippen molar-refractivity contribution in [3.63, 3.8) is 0 Å². The molecule has 2 rings (SSSR count). The molecule has 0 amide bonds. The smallest absolute Gasteiger partial charge is 0.370 e. The van der Waals surface area contributed by atoms with E-state index in [4.69, 9.17) is 4.74 Å². The van der Waals surface area contributed by atoms with Crippen LogP contribution in [0, 0.1) is 5.92 Å². The highest BCUT2D eigenvalue weighted by molar-refractivity contribution is 6.01. The van der Waals surface area contributed by atoms with E-state index in [0.29, 0.717) is 6.61 Å². The molecule has 104 valence electrons. The number of benzene rings is 1. The van der Waals surface area contributed by atoms with Crippen LogP contribution in [0.25, 0.3) is 0 Å². The van der Waals surface area contributed by atoms with Gasteiger partial charge in [0.25, 0.3) is 0 Å². The number of carbonyl (C=O) groups is 1. The third kappa shape index (κ3) is 3.15. The number of rotatable bonds is 5. The SMILES string of the molecule is CCOC(C(=O)c1ccccc1C(F)(F)F)C1CC1. The van der Waals surface area contributed by atoms with E-state index in [-0.39, 0.29) is 11.5 Å². The van der Waals surface area contributed by atoms with Crippen molar-refractivity contribution in [3.8, 4) is 0 Å². The minimum Gasteiger partial charge on any atom is -0.370 e. The average molecular weight is 272 g/mol. The number of Topliss-reactive ketones (excluding diaryl/α,β-unsaturated/α-hetero) is 1. The van der Waals surface area contributed by atoms with Gasteiger partial charge in [0.2, 0.25) is 0 Å². The second-order valence-corrected chi connectivity index (χ2v) is 4.62. The fourth-order valence-electron chi connectivity index (χ4n) is 2.10. The van der Waals surface area contributed by atoms with Crippen molar-refractivity contribution in [2.75, 3.05) is 6.61 Å². The molecule has 0 radical (unpaired) electrons. The van der Waals surface area contributed by atoms with Gasteiger partial charge in [-0.15, -0.1) is 0 Å². The monoisotopic (exact) mass is 272 g/mol. The first kappa shape index (κ1) is 14.1.